The Labute approximate surface area is 214 Å². The van der Waals surface area contributed by atoms with E-state index in [0.29, 0.717) is 28.6 Å². The number of anilines is 1. The van der Waals surface area contributed by atoms with Crippen LogP contribution >= 0.6 is 0 Å². The fourth-order valence-electron chi connectivity index (χ4n) is 4.91. The maximum Gasteiger partial charge on any atom is 0.254 e. The van der Waals surface area contributed by atoms with Crippen molar-refractivity contribution in [3.8, 4) is 5.69 Å². The van der Waals surface area contributed by atoms with E-state index in [1.165, 1.54) is 18.3 Å². The number of Topliss-reactive ketones (excluding diaryl/α,β-unsaturated/α-hetero) is 1. The number of piperidine rings is 1. The van der Waals surface area contributed by atoms with Gasteiger partial charge >= 0.3 is 0 Å². The number of hydrogen-bond acceptors (Lipinski definition) is 6. The van der Waals surface area contributed by atoms with Crippen LogP contribution in [0.3, 0.4) is 0 Å². The second kappa shape index (κ2) is 10.5. The van der Waals surface area contributed by atoms with Crippen LogP contribution in [0.5, 0.6) is 0 Å². The summed E-state index contributed by atoms with van der Waals surface area (Å²) in [5, 5.41) is 8.22. The minimum atomic E-state index is -0.330. The molecule has 1 fully saturated rings. The molecule has 0 saturated carbocycles. The van der Waals surface area contributed by atoms with Crippen molar-refractivity contribution in [2.75, 3.05) is 18.0 Å². The highest BCUT2D eigenvalue weighted by molar-refractivity contribution is 6.06. The van der Waals surface area contributed by atoms with Gasteiger partial charge in [0.2, 0.25) is 0 Å². The molecule has 0 radical (unpaired) electrons. The predicted molar refractivity (Wildman–Crippen MR) is 139 cm³/mol. The Bertz CT molecular complexity index is 1430. The van der Waals surface area contributed by atoms with E-state index in [0.717, 1.165) is 37.3 Å². The van der Waals surface area contributed by atoms with Crippen LogP contribution in [0.15, 0.2) is 61.2 Å². The van der Waals surface area contributed by atoms with E-state index in [4.69, 9.17) is 0 Å². The summed E-state index contributed by atoms with van der Waals surface area (Å²) in [5.74, 6) is 0.665. The molecule has 8 nitrogen and oxygen atoms in total. The lowest BCUT2D eigenvalue weighted by Crippen LogP contribution is -2.36. The van der Waals surface area contributed by atoms with Crippen LogP contribution in [-0.4, -0.2) is 44.5 Å². The molecule has 4 heterocycles. The first-order valence-electron chi connectivity index (χ1n) is 12.5. The highest BCUT2D eigenvalue weighted by Gasteiger charge is 2.24. The minimum Gasteiger partial charge on any atom is -0.357 e. The second-order valence-electron chi connectivity index (χ2n) is 9.41. The number of carbonyl (C=O) groups excluding carboxylic acids is 2. The van der Waals surface area contributed by atoms with E-state index in [1.54, 1.807) is 42.3 Å². The molecule has 0 bridgehead atoms. The van der Waals surface area contributed by atoms with Gasteiger partial charge in [0.05, 0.1) is 35.2 Å². The molecule has 1 aliphatic rings. The van der Waals surface area contributed by atoms with E-state index in [1.807, 2.05) is 19.1 Å². The lowest BCUT2D eigenvalue weighted by atomic mass is 9.93. The third kappa shape index (κ3) is 5.07. The first kappa shape index (κ1) is 24.5. The monoisotopic (exact) mass is 500 g/mol. The molecule has 9 heteroatoms. The highest BCUT2D eigenvalue weighted by atomic mass is 19.1. The Morgan fingerprint density at radius 3 is 2.57 bits per heavy atom. The van der Waals surface area contributed by atoms with Crippen molar-refractivity contribution in [3.05, 3.63) is 78.1 Å². The maximum atomic E-state index is 13.4. The van der Waals surface area contributed by atoms with Crippen molar-refractivity contribution in [1.29, 1.82) is 0 Å². The van der Waals surface area contributed by atoms with Crippen LogP contribution in [-0.2, 0) is 4.79 Å². The van der Waals surface area contributed by atoms with Gasteiger partial charge in [0.15, 0.2) is 0 Å². The number of aromatic nitrogens is 4. The minimum absolute atomic E-state index is 0.130. The molecule has 1 amide bonds. The van der Waals surface area contributed by atoms with Crippen molar-refractivity contribution < 1.29 is 14.0 Å². The zero-order valence-corrected chi connectivity index (χ0v) is 20.9. The Balaban J connectivity index is 1.35. The van der Waals surface area contributed by atoms with Gasteiger partial charge < -0.3 is 10.2 Å². The van der Waals surface area contributed by atoms with Crippen LogP contribution in [0.1, 0.15) is 55.1 Å². The van der Waals surface area contributed by atoms with Crippen LogP contribution in [0.25, 0.3) is 16.6 Å². The first-order chi connectivity index (χ1) is 17.9. The number of amides is 1. The molecule has 1 aromatic carbocycles. The third-order valence-corrected chi connectivity index (χ3v) is 7.09. The Kier molecular flexibility index (Phi) is 6.94. The molecule has 1 saturated heterocycles. The molecule has 1 N–H and O–H groups in total. The summed E-state index contributed by atoms with van der Waals surface area (Å²) >= 11 is 0. The topological polar surface area (TPSA) is 93.0 Å². The van der Waals surface area contributed by atoms with Crippen molar-refractivity contribution in [1.82, 2.24) is 25.1 Å². The quantitative estimate of drug-likeness (QED) is 0.397. The number of nitrogens with one attached hydrogen (secondary N) is 1. The number of nitrogens with zero attached hydrogens (tertiary/aromatic N) is 5. The van der Waals surface area contributed by atoms with Gasteiger partial charge in [-0.3, -0.25) is 14.6 Å². The van der Waals surface area contributed by atoms with Gasteiger partial charge in [-0.15, -0.1) is 0 Å². The molecular formula is C28H29FN6O2. The maximum absolute atomic E-state index is 13.4. The fourth-order valence-corrected chi connectivity index (χ4v) is 4.91. The van der Waals surface area contributed by atoms with Crippen molar-refractivity contribution in [3.63, 3.8) is 0 Å². The van der Waals surface area contributed by atoms with Crippen molar-refractivity contribution in [2.24, 2.45) is 5.92 Å². The first-order valence-corrected chi connectivity index (χ1v) is 12.5. The molecule has 0 unspecified atom stereocenters. The average Bonchev–Trinajstić information content (AvgIpc) is 3.36. The Morgan fingerprint density at radius 1 is 1.11 bits per heavy atom. The number of halogens is 1. The summed E-state index contributed by atoms with van der Waals surface area (Å²) in [4.78, 5) is 36.1. The summed E-state index contributed by atoms with van der Waals surface area (Å²) in [6, 6.07) is 9.72. The van der Waals surface area contributed by atoms with E-state index in [-0.39, 0.29) is 29.5 Å². The van der Waals surface area contributed by atoms with Gasteiger partial charge in [-0.25, -0.2) is 14.1 Å². The number of rotatable bonds is 7. The van der Waals surface area contributed by atoms with E-state index >= 15 is 0 Å². The number of pyridine rings is 2. The van der Waals surface area contributed by atoms with E-state index in [9.17, 15) is 14.0 Å². The number of benzene rings is 1. The van der Waals surface area contributed by atoms with E-state index < -0.39 is 0 Å². The molecule has 0 aliphatic carbocycles. The summed E-state index contributed by atoms with van der Waals surface area (Å²) < 4.78 is 15.0. The summed E-state index contributed by atoms with van der Waals surface area (Å²) in [6.45, 7) is 5.26. The van der Waals surface area contributed by atoms with Gasteiger partial charge in [0, 0.05) is 36.8 Å². The molecule has 1 atom stereocenters. The third-order valence-electron chi connectivity index (χ3n) is 7.09. The summed E-state index contributed by atoms with van der Waals surface area (Å²) in [7, 11) is 0. The Morgan fingerprint density at radius 2 is 1.86 bits per heavy atom. The van der Waals surface area contributed by atoms with E-state index in [2.05, 4.69) is 25.3 Å². The zero-order valence-electron chi connectivity index (χ0n) is 20.9. The van der Waals surface area contributed by atoms with Crippen LogP contribution in [0.4, 0.5) is 10.2 Å². The SMILES string of the molecule is CC[C@H](NC(=O)c1cncc2c1cnn2-c1ccc(F)cc1)c1ccnc(N2CCC(C(C)=O)CC2)c1. The van der Waals surface area contributed by atoms with Gasteiger partial charge in [-0.1, -0.05) is 6.92 Å². The largest absolute Gasteiger partial charge is 0.357 e. The molecule has 5 rings (SSSR count). The normalized spacial score (nSPS) is 15.1. The van der Waals surface area contributed by atoms with Crippen LogP contribution in [0, 0.1) is 11.7 Å². The molecule has 190 valence electrons. The van der Waals surface area contributed by atoms with Crippen LogP contribution in [0.2, 0.25) is 0 Å². The van der Waals surface area contributed by atoms with Crippen molar-refractivity contribution >= 4 is 28.4 Å². The van der Waals surface area contributed by atoms with Gasteiger partial charge in [-0.05, 0) is 68.1 Å². The second-order valence-corrected chi connectivity index (χ2v) is 9.41. The fraction of sp³-hybridized carbons (Fsp3) is 0.321. The lowest BCUT2D eigenvalue weighted by molar-refractivity contribution is -0.121. The lowest BCUT2D eigenvalue weighted by Gasteiger charge is -2.32. The average molecular weight is 501 g/mol. The molecule has 4 aromatic rings. The van der Waals surface area contributed by atoms with Gasteiger partial charge in [0.1, 0.15) is 17.4 Å². The Hall–Kier alpha value is -4.14. The zero-order chi connectivity index (χ0) is 25.9. The van der Waals surface area contributed by atoms with Crippen LogP contribution < -0.4 is 10.2 Å². The molecule has 0 spiro atoms. The molecule has 3 aromatic heterocycles. The number of ketones is 1. The van der Waals surface area contributed by atoms with Gasteiger partial charge in [-0.2, -0.15) is 5.10 Å². The molecule has 37 heavy (non-hydrogen) atoms. The summed E-state index contributed by atoms with van der Waals surface area (Å²) in [5.41, 5.74) is 2.73. The highest BCUT2D eigenvalue weighted by Crippen LogP contribution is 2.27. The number of carbonyl (C=O) groups is 2. The molecule has 1 aliphatic heterocycles. The standard InChI is InChI=1S/C28H29FN6O2/c1-3-25(20-8-11-31-27(14-20)34-12-9-19(10-13-34)18(2)36)33-28(37)24-15-30-17-26-23(24)16-32-35(26)22-6-4-21(29)5-7-22/h4-8,11,14-17,19,25H,3,9-10,12-13H2,1-2H3,(H,33,37)/t25-/m0/s1. The molecular weight excluding hydrogens is 471 g/mol. The predicted octanol–water partition coefficient (Wildman–Crippen LogP) is 4.64. The smallest absolute Gasteiger partial charge is 0.254 e. The number of hydrogen-bond donors (Lipinski definition) is 1. The van der Waals surface area contributed by atoms with Crippen molar-refractivity contribution in [2.45, 2.75) is 39.2 Å². The summed E-state index contributed by atoms with van der Waals surface area (Å²) in [6.07, 6.45) is 8.94. The number of fused-ring (bicyclic) bond motifs is 1. The van der Waals surface area contributed by atoms with Gasteiger partial charge in [0.25, 0.3) is 5.91 Å².